The van der Waals surface area contributed by atoms with Gasteiger partial charge in [-0.05, 0) is 31.5 Å². The van der Waals surface area contributed by atoms with Crippen LogP contribution < -0.4 is 39.4 Å². The average molecular weight is 536 g/mol. The molecule has 0 N–H and O–H groups in total. The van der Waals surface area contributed by atoms with E-state index in [1.165, 1.54) is 35.7 Å². The van der Waals surface area contributed by atoms with Gasteiger partial charge >= 0.3 is 35.6 Å². The first-order valence-corrected chi connectivity index (χ1v) is 11.3. The van der Waals surface area contributed by atoms with Crippen molar-refractivity contribution in [1.29, 1.82) is 0 Å². The van der Waals surface area contributed by atoms with E-state index in [4.69, 9.17) is 4.74 Å². The molecule has 2 aromatic heterocycles. The molecule has 2 aliphatic rings. The van der Waals surface area contributed by atoms with Crippen molar-refractivity contribution in [1.82, 2.24) is 24.7 Å². The first-order chi connectivity index (χ1) is 17.6. The Morgan fingerprint density at radius 3 is 2.39 bits per heavy atom. The van der Waals surface area contributed by atoms with Crippen LogP contribution in [-0.2, 0) is 0 Å². The number of aryl methyl sites for hydroxylation is 1. The van der Waals surface area contributed by atoms with Crippen LogP contribution in [0.4, 0.5) is 18.0 Å². The Bertz CT molecular complexity index is 1420. The summed E-state index contributed by atoms with van der Waals surface area (Å²) in [5.41, 5.74) is 0.699. The number of rotatable bonds is 5. The van der Waals surface area contributed by atoms with Gasteiger partial charge in [-0.25, -0.2) is 32.6 Å². The summed E-state index contributed by atoms with van der Waals surface area (Å²) in [6, 6.07) is 3.24. The number of amides is 2. The number of urea groups is 1. The van der Waals surface area contributed by atoms with Gasteiger partial charge in [-0.2, -0.15) is 10.2 Å². The van der Waals surface area contributed by atoms with Crippen LogP contribution in [0.3, 0.4) is 0 Å². The van der Waals surface area contributed by atoms with Crippen molar-refractivity contribution in [2.45, 2.75) is 32.4 Å². The number of aromatic carboxylic acids is 1. The van der Waals surface area contributed by atoms with Crippen molar-refractivity contribution in [2.75, 3.05) is 13.1 Å². The Kier molecular flexibility index (Phi) is 7.81. The molecule has 4 heterocycles. The molecule has 192 valence electrons. The van der Waals surface area contributed by atoms with Crippen molar-refractivity contribution in [2.24, 2.45) is 5.10 Å². The van der Waals surface area contributed by atoms with E-state index < -0.39 is 41.6 Å². The summed E-state index contributed by atoms with van der Waals surface area (Å²) >= 11 is 0. The van der Waals surface area contributed by atoms with E-state index >= 15 is 0 Å². The number of hydrogen-bond acceptors (Lipinski definition) is 7. The van der Waals surface area contributed by atoms with Gasteiger partial charge < -0.3 is 19.5 Å². The molecule has 1 aromatic carbocycles. The maximum Gasteiger partial charge on any atom is 1.00 e. The molecular formula is C24H20F3N6NaO4. The topological polar surface area (TPSA) is 116 Å². The number of pyridine rings is 1. The summed E-state index contributed by atoms with van der Waals surface area (Å²) in [5, 5.41) is 20.7. The molecule has 0 bridgehead atoms. The first kappa shape index (κ1) is 27.6. The second kappa shape index (κ2) is 10.8. The van der Waals surface area contributed by atoms with Crippen LogP contribution >= 0.6 is 0 Å². The van der Waals surface area contributed by atoms with Gasteiger partial charge in [0.25, 0.3) is 0 Å². The minimum atomic E-state index is -1.38. The molecular weight excluding hydrogens is 516 g/mol. The number of nitrogens with zero attached hydrogens (tertiary/aromatic N) is 6. The fourth-order valence-corrected chi connectivity index (χ4v) is 4.41. The van der Waals surface area contributed by atoms with Crippen LogP contribution in [0.2, 0.25) is 0 Å². The average Bonchev–Trinajstić information content (AvgIpc) is 3.40. The second-order valence-electron chi connectivity index (χ2n) is 8.74. The zero-order chi connectivity index (χ0) is 26.4. The van der Waals surface area contributed by atoms with Crippen molar-refractivity contribution in [3.8, 4) is 11.6 Å². The first-order valence-electron chi connectivity index (χ1n) is 11.3. The Morgan fingerprint density at radius 2 is 1.76 bits per heavy atom. The van der Waals surface area contributed by atoms with Gasteiger partial charge in [0, 0.05) is 30.3 Å². The quantitative estimate of drug-likeness (QED) is 0.398. The molecule has 3 aromatic rings. The van der Waals surface area contributed by atoms with Crippen molar-refractivity contribution in [3.05, 3.63) is 70.4 Å². The van der Waals surface area contributed by atoms with Gasteiger partial charge in [0.05, 0.1) is 42.7 Å². The fraction of sp³-hybridized carbons (Fsp3) is 0.292. The summed E-state index contributed by atoms with van der Waals surface area (Å²) < 4.78 is 48.7. The number of likely N-dealkylation sites (tertiary alicyclic amines) is 1. The molecule has 0 saturated carbocycles. The molecule has 0 radical (unpaired) electrons. The van der Waals surface area contributed by atoms with Crippen LogP contribution in [0.5, 0.6) is 5.75 Å². The number of hydrogen-bond donors (Lipinski definition) is 0. The summed E-state index contributed by atoms with van der Waals surface area (Å²) in [5.74, 6) is -3.62. The molecule has 0 unspecified atom stereocenters. The van der Waals surface area contributed by atoms with E-state index in [1.54, 1.807) is 0 Å². The van der Waals surface area contributed by atoms with E-state index in [-0.39, 0.29) is 76.7 Å². The molecule has 1 fully saturated rings. The van der Waals surface area contributed by atoms with Gasteiger partial charge in [-0.15, -0.1) is 0 Å². The number of carbonyl (C=O) groups is 2. The van der Waals surface area contributed by atoms with Gasteiger partial charge in [-0.3, -0.25) is 0 Å². The molecule has 2 amide bonds. The van der Waals surface area contributed by atoms with Crippen molar-refractivity contribution < 1.29 is 62.2 Å². The maximum atomic E-state index is 14.4. The number of halogens is 3. The van der Waals surface area contributed by atoms with Crippen LogP contribution in [0.15, 0.2) is 35.6 Å². The molecule has 5 rings (SSSR count). The van der Waals surface area contributed by atoms with Crippen LogP contribution in [0, 0.1) is 31.3 Å². The normalized spacial score (nSPS) is 16.8. The molecule has 0 spiro atoms. The predicted molar refractivity (Wildman–Crippen MR) is 121 cm³/mol. The number of carbonyl (C=O) groups excluding carboxylic acids is 2. The van der Waals surface area contributed by atoms with Crippen molar-refractivity contribution in [3.63, 3.8) is 0 Å². The molecule has 0 aliphatic carbocycles. The third kappa shape index (κ3) is 5.13. The predicted octanol–water partition coefficient (Wildman–Crippen LogP) is -0.715. The summed E-state index contributed by atoms with van der Waals surface area (Å²) in [6.07, 6.45) is 2.20. The number of ether oxygens (including phenoxy) is 1. The fourth-order valence-electron chi connectivity index (χ4n) is 4.41. The largest absolute Gasteiger partial charge is 1.00 e. The van der Waals surface area contributed by atoms with E-state index in [0.717, 1.165) is 29.4 Å². The molecule has 14 heteroatoms. The summed E-state index contributed by atoms with van der Waals surface area (Å²) in [6.45, 7) is 3.29. The van der Waals surface area contributed by atoms with Crippen molar-refractivity contribution >= 4 is 18.2 Å². The SMILES string of the molecule is Cc1nn(-c2cc(OC3CN(C(=O)N4N=CC[C@H]4c4cc(F)cc(F)c4)C3)c(F)cn2)c(C)c1C(=O)[O-].[Na+]. The Labute approximate surface area is 237 Å². The number of hydrazone groups is 1. The molecule has 1 saturated heterocycles. The van der Waals surface area contributed by atoms with E-state index in [2.05, 4.69) is 15.2 Å². The molecule has 1 atom stereocenters. The zero-order valence-electron chi connectivity index (χ0n) is 20.7. The minimum Gasteiger partial charge on any atom is -0.545 e. The number of benzene rings is 1. The number of carboxylic acid groups (broad SMARTS) is 1. The van der Waals surface area contributed by atoms with Crippen LogP contribution in [0.25, 0.3) is 5.82 Å². The van der Waals surface area contributed by atoms with E-state index in [9.17, 15) is 27.9 Å². The molecule has 38 heavy (non-hydrogen) atoms. The van der Waals surface area contributed by atoms with Crippen LogP contribution in [-0.4, -0.2) is 62.1 Å². The maximum absolute atomic E-state index is 14.4. The van der Waals surface area contributed by atoms with Gasteiger partial charge in [0.2, 0.25) is 0 Å². The monoisotopic (exact) mass is 536 g/mol. The molecule has 2 aliphatic heterocycles. The molecule has 10 nitrogen and oxygen atoms in total. The van der Waals surface area contributed by atoms with Gasteiger partial charge in [0.1, 0.15) is 17.7 Å². The van der Waals surface area contributed by atoms with E-state index in [1.807, 2.05) is 0 Å². The third-order valence-corrected chi connectivity index (χ3v) is 6.23. The van der Waals surface area contributed by atoms with Crippen LogP contribution in [0.1, 0.15) is 39.8 Å². The summed E-state index contributed by atoms with van der Waals surface area (Å²) in [7, 11) is 0. The zero-order valence-corrected chi connectivity index (χ0v) is 22.7. The number of aromatic nitrogens is 3. The summed E-state index contributed by atoms with van der Waals surface area (Å²) in [4.78, 5) is 29.7. The number of carboxylic acids is 1. The smallest absolute Gasteiger partial charge is 0.545 e. The van der Waals surface area contributed by atoms with Gasteiger partial charge in [0.15, 0.2) is 17.4 Å². The van der Waals surface area contributed by atoms with Gasteiger partial charge in [-0.1, -0.05) is 0 Å². The Balaban J connectivity index is 0.00000336. The Hall–Kier alpha value is -3.42. The standard InChI is InChI=1S/C24H21F3N6O4.Na/c1-12-22(23(34)35)13(2)32(30-12)21-8-20(18(27)9-28-21)37-17-10-31(11-17)24(36)33-19(3-4-29-33)14-5-15(25)7-16(26)6-14;/h4-9,17,19H,3,10-11H2,1-2H3,(H,34,35);/q;+1/p-1/t19-;/m0./s1. The Morgan fingerprint density at radius 1 is 1.08 bits per heavy atom. The third-order valence-electron chi connectivity index (χ3n) is 6.23. The van der Waals surface area contributed by atoms with E-state index in [0.29, 0.717) is 6.42 Å². The second-order valence-corrected chi connectivity index (χ2v) is 8.74. The minimum absolute atomic E-state index is 0.